The van der Waals surface area contributed by atoms with E-state index in [1.807, 2.05) is 6.08 Å². The van der Waals surface area contributed by atoms with Crippen LogP contribution in [0.2, 0.25) is 0 Å². The van der Waals surface area contributed by atoms with E-state index in [-0.39, 0.29) is 18.9 Å². The SMILES string of the molecule is CCCCCCC/C=C\C/C=C\C/C=C\CCCCCCCCCCC(=O)NC(COC1OC(CO)C(OC2OC(CO)C(OC3OC(CO)C(O)C(O)C3O)C(O)C2O)C(O)C1O)C(O)/C=C/CC/C=C/CC/C=C/CCCCCCCCCCCCCCCCCCC. The summed E-state index contributed by atoms with van der Waals surface area (Å²) in [6.07, 6.45) is 45.9. The molecule has 3 heterocycles. The van der Waals surface area contributed by atoms with Gasteiger partial charge in [-0.15, -0.1) is 0 Å². The van der Waals surface area contributed by atoms with Gasteiger partial charge >= 0.3 is 0 Å². The zero-order valence-corrected chi connectivity index (χ0v) is 58.6. The van der Waals surface area contributed by atoms with Gasteiger partial charge in [-0.25, -0.2) is 0 Å². The lowest BCUT2D eigenvalue weighted by molar-refractivity contribution is -0.379. The van der Waals surface area contributed by atoms with E-state index in [2.05, 4.69) is 79.9 Å². The number of hydrogen-bond acceptors (Lipinski definition) is 18. The number of aliphatic hydroxyl groups is 11. The van der Waals surface area contributed by atoms with E-state index >= 15 is 0 Å². The Morgan fingerprint density at radius 1 is 0.379 bits per heavy atom. The zero-order chi connectivity index (χ0) is 68.9. The van der Waals surface area contributed by atoms with Gasteiger partial charge in [-0.2, -0.15) is 0 Å². The molecule has 0 aromatic rings. The zero-order valence-electron chi connectivity index (χ0n) is 58.6. The molecule has 0 bridgehead atoms. The number of unbranched alkanes of at least 4 members (excludes halogenated alkanes) is 32. The average molecular weight is 1350 g/mol. The third-order valence-corrected chi connectivity index (χ3v) is 18.5. The maximum Gasteiger partial charge on any atom is 0.220 e. The lowest BCUT2D eigenvalue weighted by atomic mass is 9.96. The predicted molar refractivity (Wildman–Crippen MR) is 374 cm³/mol. The number of allylic oxidation sites excluding steroid dienone is 11. The highest BCUT2D eigenvalue weighted by Gasteiger charge is 2.53. The van der Waals surface area contributed by atoms with Crippen molar-refractivity contribution >= 4 is 5.91 Å². The van der Waals surface area contributed by atoms with Crippen molar-refractivity contribution in [3.05, 3.63) is 72.9 Å². The third kappa shape index (κ3) is 38.0. The van der Waals surface area contributed by atoms with E-state index in [1.165, 1.54) is 167 Å². The molecule has 12 N–H and O–H groups in total. The molecule has 0 aromatic heterocycles. The minimum atomic E-state index is -1.99. The number of rotatable bonds is 58. The molecule has 3 aliphatic rings. The molecule has 3 rings (SSSR count). The van der Waals surface area contributed by atoms with Gasteiger partial charge in [-0.1, -0.05) is 254 Å². The topological polar surface area (TPSA) is 307 Å². The minimum Gasteiger partial charge on any atom is -0.394 e. The molecule has 0 saturated carbocycles. The van der Waals surface area contributed by atoms with Crippen LogP contribution < -0.4 is 5.32 Å². The number of amides is 1. The van der Waals surface area contributed by atoms with E-state index in [4.69, 9.17) is 28.4 Å². The maximum atomic E-state index is 13.4. The average Bonchev–Trinajstić information content (AvgIpc) is 0.787. The quantitative estimate of drug-likeness (QED) is 0.0199. The fraction of sp³-hybridized carbons (Fsp3) is 0.829. The summed E-state index contributed by atoms with van der Waals surface area (Å²) < 4.78 is 34.4. The molecule has 3 fully saturated rings. The molecule has 0 aromatic carbocycles. The molecule has 95 heavy (non-hydrogen) atoms. The van der Waals surface area contributed by atoms with Crippen LogP contribution in [0.15, 0.2) is 72.9 Å². The molecule has 17 unspecified atom stereocenters. The fourth-order valence-electron chi connectivity index (χ4n) is 12.3. The molecular weight excluding hydrogens is 1210 g/mol. The number of hydrogen-bond donors (Lipinski definition) is 12. The van der Waals surface area contributed by atoms with Crippen LogP contribution in [0.25, 0.3) is 0 Å². The molecule has 19 heteroatoms. The molecule has 1 amide bonds. The summed E-state index contributed by atoms with van der Waals surface area (Å²) in [4.78, 5) is 13.4. The monoisotopic (exact) mass is 1350 g/mol. The van der Waals surface area contributed by atoms with E-state index < -0.39 is 124 Å². The first-order valence-electron chi connectivity index (χ1n) is 37.7. The summed E-state index contributed by atoms with van der Waals surface area (Å²) in [5, 5.41) is 121. The Morgan fingerprint density at radius 2 is 0.705 bits per heavy atom. The summed E-state index contributed by atoms with van der Waals surface area (Å²) in [7, 11) is 0. The van der Waals surface area contributed by atoms with Crippen LogP contribution in [0.5, 0.6) is 0 Å². The van der Waals surface area contributed by atoms with Gasteiger partial charge < -0.3 is 89.9 Å². The van der Waals surface area contributed by atoms with Crippen LogP contribution >= 0.6 is 0 Å². The normalized spacial score (nSPS) is 27.6. The van der Waals surface area contributed by atoms with Crippen molar-refractivity contribution < 1.29 is 89.4 Å². The van der Waals surface area contributed by atoms with Crippen molar-refractivity contribution in [2.45, 2.75) is 375 Å². The highest BCUT2D eigenvalue weighted by molar-refractivity contribution is 5.76. The molecule has 552 valence electrons. The largest absolute Gasteiger partial charge is 0.394 e. The summed E-state index contributed by atoms with van der Waals surface area (Å²) in [6, 6.07) is -1.01. The molecule has 0 radical (unpaired) electrons. The molecule has 0 aliphatic carbocycles. The van der Waals surface area contributed by atoms with Gasteiger partial charge in [0.2, 0.25) is 5.91 Å². The van der Waals surface area contributed by atoms with Crippen molar-refractivity contribution in [3.8, 4) is 0 Å². The van der Waals surface area contributed by atoms with Crippen LogP contribution in [-0.2, 0) is 33.2 Å². The van der Waals surface area contributed by atoms with E-state index in [9.17, 15) is 61.0 Å². The van der Waals surface area contributed by atoms with Gasteiger partial charge in [-0.05, 0) is 83.5 Å². The Bertz CT molecular complexity index is 2000. The van der Waals surface area contributed by atoms with Crippen molar-refractivity contribution in [3.63, 3.8) is 0 Å². The highest BCUT2D eigenvalue weighted by Crippen LogP contribution is 2.33. The van der Waals surface area contributed by atoms with Gasteiger partial charge in [0.1, 0.15) is 73.2 Å². The molecule has 3 aliphatic heterocycles. The Hall–Kier alpha value is -2.77. The molecular formula is C76H135NO18. The minimum absolute atomic E-state index is 0.221. The van der Waals surface area contributed by atoms with Gasteiger partial charge in [-0.3, -0.25) is 4.79 Å². The first-order chi connectivity index (χ1) is 46.3. The van der Waals surface area contributed by atoms with E-state index in [0.717, 1.165) is 70.6 Å². The van der Waals surface area contributed by atoms with Crippen LogP contribution in [0, 0.1) is 0 Å². The first kappa shape index (κ1) is 86.5. The second kappa shape index (κ2) is 56.9. The van der Waals surface area contributed by atoms with Crippen LogP contribution in [-0.4, -0.2) is 193 Å². The number of nitrogens with one attached hydrogen (secondary N) is 1. The Labute approximate surface area is 572 Å². The third-order valence-electron chi connectivity index (χ3n) is 18.5. The molecule has 0 spiro atoms. The summed E-state index contributed by atoms with van der Waals surface area (Å²) in [6.45, 7) is 1.71. The van der Waals surface area contributed by atoms with Crippen LogP contribution in [0.1, 0.15) is 271 Å². The fourth-order valence-corrected chi connectivity index (χ4v) is 12.3. The Balaban J connectivity index is 1.44. The number of carbonyl (C=O) groups is 1. The van der Waals surface area contributed by atoms with Crippen LogP contribution in [0.3, 0.4) is 0 Å². The Kier molecular flexibility index (Phi) is 51.8. The second-order valence-corrected chi connectivity index (χ2v) is 26.7. The van der Waals surface area contributed by atoms with Gasteiger partial charge in [0, 0.05) is 6.42 Å². The number of ether oxygens (including phenoxy) is 6. The van der Waals surface area contributed by atoms with Gasteiger partial charge in [0.05, 0.1) is 38.6 Å². The summed E-state index contributed by atoms with van der Waals surface area (Å²) in [5.74, 6) is -0.297. The summed E-state index contributed by atoms with van der Waals surface area (Å²) >= 11 is 0. The highest BCUT2D eigenvalue weighted by atomic mass is 16.8. The van der Waals surface area contributed by atoms with Crippen molar-refractivity contribution in [2.24, 2.45) is 0 Å². The number of aliphatic hydroxyl groups excluding tert-OH is 11. The van der Waals surface area contributed by atoms with E-state index in [1.54, 1.807) is 6.08 Å². The second-order valence-electron chi connectivity index (χ2n) is 26.7. The van der Waals surface area contributed by atoms with Crippen molar-refractivity contribution in [1.82, 2.24) is 5.32 Å². The molecule has 19 nitrogen and oxygen atoms in total. The first-order valence-corrected chi connectivity index (χ1v) is 37.7. The molecule has 17 atom stereocenters. The standard InChI is InChI=1S/C76H135NO18/c1-3-5-7-9-11-13-15-17-19-21-23-25-27-28-29-30-32-33-35-37-39-41-43-45-47-49-51-53-60(81)59(77-64(82)54-52-50-48-46-44-42-40-38-36-34-31-26-24-22-20-18-16-14-12-10-8-6-4-2)58-90-74-70(88)67(85)72(62(56-79)92-74)95-76-71(89)68(86)73(63(57-80)93-76)94-75-69(87)66(84)65(83)61(55-78)91-75/h16,18,22,24,31,34-35,37,43,45,51,53,59-63,65-76,78-81,83-89H,3-15,17,19-21,23,25-30,32-33,36,38-42,44,46-50,52,54-58H2,1-2H3,(H,77,82)/b18-16-,24-22-,34-31-,37-35+,45-43+,53-51+. The smallest absolute Gasteiger partial charge is 0.220 e. The van der Waals surface area contributed by atoms with Gasteiger partial charge in [0.15, 0.2) is 18.9 Å². The lowest BCUT2D eigenvalue weighted by Gasteiger charge is -2.48. The maximum absolute atomic E-state index is 13.4. The van der Waals surface area contributed by atoms with Crippen LogP contribution in [0.4, 0.5) is 0 Å². The summed E-state index contributed by atoms with van der Waals surface area (Å²) in [5.41, 5.74) is 0. The molecule has 3 saturated heterocycles. The van der Waals surface area contributed by atoms with E-state index in [0.29, 0.717) is 12.8 Å². The Morgan fingerprint density at radius 3 is 1.13 bits per heavy atom. The van der Waals surface area contributed by atoms with Crippen molar-refractivity contribution in [2.75, 3.05) is 26.4 Å². The predicted octanol–water partition coefficient (Wildman–Crippen LogP) is 11.3. The lowest BCUT2D eigenvalue weighted by Crippen LogP contribution is -2.66. The van der Waals surface area contributed by atoms with Gasteiger partial charge in [0.25, 0.3) is 0 Å². The number of carbonyl (C=O) groups excluding carboxylic acids is 1. The van der Waals surface area contributed by atoms with Crippen molar-refractivity contribution in [1.29, 1.82) is 0 Å².